The average molecular weight is 165 g/mol. The molecular formula is C6H6F3NO. The third kappa shape index (κ3) is 1.96. The Hall–Kier alpha value is -1.00. The van der Waals surface area contributed by atoms with Gasteiger partial charge in [0, 0.05) is 6.42 Å². The molecule has 0 aromatic rings. The highest BCUT2D eigenvalue weighted by molar-refractivity contribution is 5.79. The van der Waals surface area contributed by atoms with Gasteiger partial charge >= 0.3 is 6.18 Å². The Morgan fingerprint density at radius 2 is 2.09 bits per heavy atom. The molecule has 0 unspecified atom stereocenters. The van der Waals surface area contributed by atoms with E-state index in [2.05, 4.69) is 0 Å². The van der Waals surface area contributed by atoms with Crippen LogP contribution in [-0.2, 0) is 4.79 Å². The van der Waals surface area contributed by atoms with Crippen molar-refractivity contribution >= 4 is 5.91 Å². The Kier molecular flexibility index (Phi) is 1.89. The van der Waals surface area contributed by atoms with Gasteiger partial charge in [-0.1, -0.05) is 6.08 Å². The number of rotatable bonds is 0. The molecule has 0 fully saturated rings. The molecule has 0 aromatic heterocycles. The second-order valence-corrected chi connectivity index (χ2v) is 2.20. The quantitative estimate of drug-likeness (QED) is 0.576. The lowest BCUT2D eigenvalue weighted by Gasteiger charge is -2.16. The summed E-state index contributed by atoms with van der Waals surface area (Å²) in [5.41, 5.74) is -0.936. The highest BCUT2D eigenvalue weighted by Crippen LogP contribution is 2.25. The van der Waals surface area contributed by atoms with Crippen molar-refractivity contribution in [3.05, 3.63) is 11.8 Å². The van der Waals surface area contributed by atoms with E-state index in [4.69, 9.17) is 0 Å². The molecule has 0 bridgehead atoms. The molecule has 1 amide bonds. The summed E-state index contributed by atoms with van der Waals surface area (Å²) in [7, 11) is 0. The van der Waals surface area contributed by atoms with Gasteiger partial charge in [-0.25, -0.2) is 0 Å². The summed E-state index contributed by atoms with van der Waals surface area (Å²) in [6.07, 6.45) is -3.13. The average Bonchev–Trinajstić information content (AvgIpc) is 1.86. The maximum absolute atomic E-state index is 11.8. The van der Waals surface area contributed by atoms with E-state index in [1.54, 1.807) is 5.32 Å². The number of alkyl halides is 3. The van der Waals surface area contributed by atoms with Crippen LogP contribution in [-0.4, -0.2) is 12.1 Å². The Morgan fingerprint density at radius 3 is 2.45 bits per heavy atom. The molecular weight excluding hydrogens is 159 g/mol. The third-order valence-corrected chi connectivity index (χ3v) is 1.30. The van der Waals surface area contributed by atoms with Gasteiger partial charge in [-0.15, -0.1) is 0 Å². The van der Waals surface area contributed by atoms with Crippen LogP contribution in [0.5, 0.6) is 0 Å². The Morgan fingerprint density at radius 1 is 1.45 bits per heavy atom. The molecule has 62 valence electrons. The fourth-order valence-corrected chi connectivity index (χ4v) is 0.798. The van der Waals surface area contributed by atoms with Crippen LogP contribution >= 0.6 is 0 Å². The number of hydrogen-bond acceptors (Lipinski definition) is 1. The van der Waals surface area contributed by atoms with Crippen LogP contribution in [0.25, 0.3) is 0 Å². The smallest absolute Gasteiger partial charge is 0.322 e. The highest BCUT2D eigenvalue weighted by Gasteiger charge is 2.35. The molecule has 0 radical (unpaired) electrons. The van der Waals surface area contributed by atoms with Crippen LogP contribution in [0, 0.1) is 0 Å². The van der Waals surface area contributed by atoms with E-state index in [9.17, 15) is 18.0 Å². The molecule has 5 heteroatoms. The van der Waals surface area contributed by atoms with E-state index in [1.807, 2.05) is 0 Å². The lowest BCUT2D eigenvalue weighted by atomic mass is 10.2. The maximum Gasteiger partial charge on any atom is 0.431 e. The lowest BCUT2D eigenvalue weighted by Crippen LogP contribution is -2.33. The molecule has 1 heterocycles. The molecule has 1 N–H and O–H groups in total. The highest BCUT2D eigenvalue weighted by atomic mass is 19.4. The maximum atomic E-state index is 11.8. The predicted octanol–water partition coefficient (Wildman–Crippen LogP) is 1.34. The van der Waals surface area contributed by atoms with Gasteiger partial charge in [0.15, 0.2) is 0 Å². The van der Waals surface area contributed by atoms with Crippen LogP contribution in [0.1, 0.15) is 12.8 Å². The van der Waals surface area contributed by atoms with Crippen molar-refractivity contribution in [2.45, 2.75) is 19.0 Å². The van der Waals surface area contributed by atoms with Crippen molar-refractivity contribution < 1.29 is 18.0 Å². The molecule has 1 rings (SSSR count). The van der Waals surface area contributed by atoms with Crippen molar-refractivity contribution in [1.29, 1.82) is 0 Å². The first-order chi connectivity index (χ1) is 5.00. The zero-order chi connectivity index (χ0) is 8.48. The summed E-state index contributed by atoms with van der Waals surface area (Å²) < 4.78 is 35.5. The SMILES string of the molecule is O=C1CCC=C(C(F)(F)F)N1. The van der Waals surface area contributed by atoms with Crippen LogP contribution in [0.15, 0.2) is 11.8 Å². The largest absolute Gasteiger partial charge is 0.431 e. The molecule has 0 saturated heterocycles. The summed E-state index contributed by atoms with van der Waals surface area (Å²) in [4.78, 5) is 10.5. The number of hydrogen-bond donors (Lipinski definition) is 1. The molecule has 0 atom stereocenters. The molecule has 0 aliphatic carbocycles. The normalized spacial score (nSPS) is 19.2. The van der Waals surface area contributed by atoms with Crippen LogP contribution < -0.4 is 5.32 Å². The number of carbonyl (C=O) groups is 1. The summed E-state index contributed by atoms with van der Waals surface area (Å²) in [5.74, 6) is -0.570. The number of amides is 1. The second-order valence-electron chi connectivity index (χ2n) is 2.20. The van der Waals surface area contributed by atoms with E-state index in [0.29, 0.717) is 0 Å². The monoisotopic (exact) mass is 165 g/mol. The van der Waals surface area contributed by atoms with Crippen molar-refractivity contribution in [2.24, 2.45) is 0 Å². The van der Waals surface area contributed by atoms with E-state index >= 15 is 0 Å². The van der Waals surface area contributed by atoms with E-state index in [0.717, 1.165) is 6.08 Å². The van der Waals surface area contributed by atoms with Gasteiger partial charge in [-0.2, -0.15) is 13.2 Å². The van der Waals surface area contributed by atoms with Crippen LogP contribution in [0.4, 0.5) is 13.2 Å². The van der Waals surface area contributed by atoms with Gasteiger partial charge in [0.25, 0.3) is 0 Å². The standard InChI is InChI=1S/C6H6F3NO/c7-6(8,9)4-2-1-3-5(11)10-4/h2H,1,3H2,(H,10,11). The van der Waals surface area contributed by atoms with Gasteiger partial charge in [-0.05, 0) is 6.42 Å². The Labute approximate surface area is 61.1 Å². The van der Waals surface area contributed by atoms with Gasteiger partial charge in [-0.3, -0.25) is 4.79 Å². The molecule has 11 heavy (non-hydrogen) atoms. The number of carbonyl (C=O) groups excluding carboxylic acids is 1. The Bertz CT molecular complexity index is 206. The van der Waals surface area contributed by atoms with Gasteiger partial charge in [0.2, 0.25) is 5.91 Å². The van der Waals surface area contributed by atoms with Gasteiger partial charge in [0.1, 0.15) is 5.70 Å². The van der Waals surface area contributed by atoms with Crippen molar-refractivity contribution in [3.8, 4) is 0 Å². The first kappa shape index (κ1) is 8.10. The number of allylic oxidation sites excluding steroid dienone is 2. The fraction of sp³-hybridized carbons (Fsp3) is 0.500. The molecule has 2 nitrogen and oxygen atoms in total. The van der Waals surface area contributed by atoms with Crippen molar-refractivity contribution in [2.75, 3.05) is 0 Å². The van der Waals surface area contributed by atoms with Crippen molar-refractivity contribution in [3.63, 3.8) is 0 Å². The third-order valence-electron chi connectivity index (χ3n) is 1.30. The molecule has 0 aromatic carbocycles. The Balaban J connectivity index is 2.73. The first-order valence-corrected chi connectivity index (χ1v) is 3.07. The van der Waals surface area contributed by atoms with Gasteiger partial charge < -0.3 is 5.32 Å². The topological polar surface area (TPSA) is 29.1 Å². The number of halogens is 3. The van der Waals surface area contributed by atoms with Crippen LogP contribution in [0.2, 0.25) is 0 Å². The predicted molar refractivity (Wildman–Crippen MR) is 31.5 cm³/mol. The molecule has 0 spiro atoms. The van der Waals surface area contributed by atoms with E-state index in [-0.39, 0.29) is 12.8 Å². The summed E-state index contributed by atoms with van der Waals surface area (Å²) in [6.45, 7) is 0. The molecule has 1 aliphatic rings. The summed E-state index contributed by atoms with van der Waals surface area (Å²) in [5, 5.41) is 1.75. The van der Waals surface area contributed by atoms with E-state index in [1.165, 1.54) is 0 Å². The minimum Gasteiger partial charge on any atom is -0.322 e. The summed E-state index contributed by atoms with van der Waals surface area (Å²) >= 11 is 0. The minimum atomic E-state index is -4.42. The summed E-state index contributed by atoms with van der Waals surface area (Å²) in [6, 6.07) is 0. The van der Waals surface area contributed by atoms with Crippen LogP contribution in [0.3, 0.4) is 0 Å². The fourth-order valence-electron chi connectivity index (χ4n) is 0.798. The zero-order valence-electron chi connectivity index (χ0n) is 5.53. The minimum absolute atomic E-state index is 0.138. The van der Waals surface area contributed by atoms with Gasteiger partial charge in [0.05, 0.1) is 0 Å². The molecule has 0 saturated carbocycles. The number of nitrogens with one attached hydrogen (secondary N) is 1. The van der Waals surface area contributed by atoms with E-state index < -0.39 is 17.8 Å². The zero-order valence-corrected chi connectivity index (χ0v) is 5.53. The van der Waals surface area contributed by atoms with Crippen molar-refractivity contribution in [1.82, 2.24) is 5.32 Å². The lowest BCUT2D eigenvalue weighted by molar-refractivity contribution is -0.127. The second kappa shape index (κ2) is 2.56. The molecule has 1 aliphatic heterocycles. The first-order valence-electron chi connectivity index (χ1n) is 3.07.